The van der Waals surface area contributed by atoms with Crippen LogP contribution in [0.5, 0.6) is 0 Å². The molecule has 178 valence electrons. The van der Waals surface area contributed by atoms with Crippen LogP contribution in [0.1, 0.15) is 40.5 Å². The first kappa shape index (κ1) is 22.8. The van der Waals surface area contributed by atoms with Gasteiger partial charge in [0, 0.05) is 53.3 Å². The van der Waals surface area contributed by atoms with Gasteiger partial charge in [-0.05, 0) is 43.7 Å². The number of H-pyrrole nitrogens is 1. The van der Waals surface area contributed by atoms with Crippen LogP contribution in [-0.2, 0) is 12.8 Å². The van der Waals surface area contributed by atoms with Crippen LogP contribution >= 0.6 is 11.3 Å². The minimum Gasteiger partial charge on any atom is -0.356 e. The molecule has 1 saturated heterocycles. The topological polar surface area (TPSA) is 35.2 Å². The Labute approximate surface area is 194 Å². The third-order valence-electron chi connectivity index (χ3n) is 6.82. The number of thiazole rings is 1. The molecule has 0 saturated carbocycles. The average Bonchev–Trinajstić information content (AvgIpc) is 3.34. The number of benzene rings is 1. The predicted octanol–water partition coefficient (Wildman–Crippen LogP) is 5.36. The Morgan fingerprint density at radius 2 is 2.00 bits per heavy atom. The molecule has 4 nitrogen and oxygen atoms in total. The Balaban J connectivity index is 1.42. The van der Waals surface area contributed by atoms with Crippen LogP contribution in [-0.4, -0.2) is 64.8 Å². The Kier molecular flexibility index (Phi) is 6.22. The van der Waals surface area contributed by atoms with Crippen LogP contribution in [0.15, 0.2) is 30.5 Å². The van der Waals surface area contributed by atoms with Gasteiger partial charge in [-0.25, -0.2) is 4.98 Å². The fraction of sp³-hybridized carbons (Fsp3) is 0.542. The lowest BCUT2D eigenvalue weighted by molar-refractivity contribution is -0.155. The van der Waals surface area contributed by atoms with E-state index in [0.29, 0.717) is 23.8 Å². The molecule has 0 spiro atoms. The molecule has 0 unspecified atom stereocenters. The third-order valence-corrected chi connectivity index (χ3v) is 7.89. The number of nitrogens with one attached hydrogen (secondary N) is 1. The van der Waals surface area contributed by atoms with Gasteiger partial charge in [-0.1, -0.05) is 18.2 Å². The molecule has 1 N–H and O–H groups in total. The first-order chi connectivity index (χ1) is 15.8. The molecule has 0 aliphatic carbocycles. The number of hydrogen-bond acceptors (Lipinski definition) is 4. The van der Waals surface area contributed by atoms with E-state index in [1.165, 1.54) is 11.3 Å². The maximum atomic E-state index is 13.5. The minimum atomic E-state index is -4.29. The maximum Gasteiger partial charge on any atom is 0.401 e. The van der Waals surface area contributed by atoms with Crippen molar-refractivity contribution in [3.8, 4) is 0 Å². The van der Waals surface area contributed by atoms with Gasteiger partial charge in [-0.3, -0.25) is 9.29 Å². The van der Waals surface area contributed by atoms with Crippen LogP contribution in [0.2, 0.25) is 0 Å². The molecule has 5 rings (SSSR count). The molecule has 2 aliphatic heterocycles. The van der Waals surface area contributed by atoms with Gasteiger partial charge in [-0.2, -0.15) is 13.2 Å². The predicted molar refractivity (Wildman–Crippen MR) is 122 cm³/mol. The normalized spacial score (nSPS) is 22.6. The largest absolute Gasteiger partial charge is 0.401 e. The van der Waals surface area contributed by atoms with Gasteiger partial charge in [0.2, 0.25) is 0 Å². The Bertz CT molecular complexity index is 1100. The summed E-state index contributed by atoms with van der Waals surface area (Å²) in [5.74, 6) is 0.498. The number of nitrogens with zero attached hydrogens (tertiary/aromatic N) is 3. The summed E-state index contributed by atoms with van der Waals surface area (Å²) in [5, 5.41) is 1.79. The molecule has 4 heterocycles. The molecule has 9 heteroatoms. The number of rotatable bonds is 7. The molecule has 33 heavy (non-hydrogen) atoms. The van der Waals surface area contributed by atoms with E-state index in [4.69, 9.17) is 0 Å². The second-order valence-corrected chi connectivity index (χ2v) is 10.5. The zero-order chi connectivity index (χ0) is 23.2. The van der Waals surface area contributed by atoms with E-state index < -0.39 is 18.8 Å². The number of likely N-dealkylation sites (tertiary alicyclic amines) is 1. The number of halogens is 4. The molecule has 0 amide bonds. The lowest BCUT2D eigenvalue weighted by atomic mass is 9.92. The van der Waals surface area contributed by atoms with Crippen LogP contribution in [0.25, 0.3) is 10.9 Å². The van der Waals surface area contributed by atoms with E-state index in [9.17, 15) is 17.6 Å². The number of aromatic amines is 1. The molecule has 3 aromatic rings. The van der Waals surface area contributed by atoms with Crippen molar-refractivity contribution in [1.29, 1.82) is 0 Å². The molecule has 2 atom stereocenters. The quantitative estimate of drug-likeness (QED) is 0.463. The molecule has 1 fully saturated rings. The van der Waals surface area contributed by atoms with Crippen LogP contribution in [0.4, 0.5) is 17.6 Å². The number of hydrogen-bond donors (Lipinski definition) is 1. The van der Waals surface area contributed by atoms with Gasteiger partial charge in [0.1, 0.15) is 11.0 Å². The highest BCUT2D eigenvalue weighted by molar-refractivity contribution is 7.11. The maximum absolute atomic E-state index is 13.5. The lowest BCUT2D eigenvalue weighted by Gasteiger charge is -2.40. The van der Waals surface area contributed by atoms with E-state index in [0.717, 1.165) is 53.1 Å². The fourth-order valence-electron chi connectivity index (χ4n) is 5.33. The van der Waals surface area contributed by atoms with E-state index in [-0.39, 0.29) is 12.7 Å². The van der Waals surface area contributed by atoms with E-state index in [1.54, 1.807) is 4.90 Å². The van der Waals surface area contributed by atoms with E-state index in [1.807, 2.05) is 37.4 Å². The van der Waals surface area contributed by atoms with Crippen molar-refractivity contribution in [3.63, 3.8) is 0 Å². The summed E-state index contributed by atoms with van der Waals surface area (Å²) in [6.45, 7) is 3.30. The summed E-state index contributed by atoms with van der Waals surface area (Å²) >= 11 is 1.52. The first-order valence-corrected chi connectivity index (χ1v) is 12.3. The second kappa shape index (κ2) is 9.00. The molecule has 0 bridgehead atoms. The molecule has 1 aromatic carbocycles. The monoisotopic (exact) mass is 480 g/mol. The standard InChI is InChI=1S/C24H28F4N4S/c1-15-9-19-18-5-2-3-6-20(18)30-21(19)22(32(15)14-24(26,27)28)23-29-11-17(33-23)10-16-12-31(13-16)8-4-7-25/h2-3,5-6,11,15-16,22,30H,4,7-10,12-14H2,1H3/t15-,22+/m1/s1. The number of alkyl halides is 4. The third kappa shape index (κ3) is 4.68. The summed E-state index contributed by atoms with van der Waals surface area (Å²) in [5.41, 5.74) is 2.88. The highest BCUT2D eigenvalue weighted by atomic mass is 32.1. The molecule has 2 aliphatic rings. The van der Waals surface area contributed by atoms with E-state index in [2.05, 4.69) is 14.9 Å². The van der Waals surface area contributed by atoms with Crippen LogP contribution in [0, 0.1) is 5.92 Å². The van der Waals surface area contributed by atoms with Gasteiger partial charge >= 0.3 is 6.18 Å². The smallest absolute Gasteiger partial charge is 0.356 e. The average molecular weight is 481 g/mol. The number of fused-ring (bicyclic) bond motifs is 3. The zero-order valence-corrected chi connectivity index (χ0v) is 19.4. The lowest BCUT2D eigenvalue weighted by Crippen LogP contribution is -2.47. The molecular formula is C24H28F4N4S. The van der Waals surface area contributed by atoms with Gasteiger partial charge in [0.25, 0.3) is 0 Å². The van der Waals surface area contributed by atoms with Crippen LogP contribution < -0.4 is 0 Å². The molecule has 2 aromatic heterocycles. The fourth-order valence-corrected chi connectivity index (χ4v) is 6.49. The second-order valence-electron chi connectivity index (χ2n) is 9.34. The van der Waals surface area contributed by atoms with Gasteiger partial charge in [0.05, 0.1) is 13.2 Å². The molecular weight excluding hydrogens is 452 g/mol. The SMILES string of the molecule is C[C@@H]1Cc2c([nH]c3ccccc23)[C@@H](c2ncc(CC3CN(CCCF)C3)s2)N1CC(F)(F)F. The minimum absolute atomic E-state index is 0.258. The van der Waals surface area contributed by atoms with Crippen molar-refractivity contribution in [3.05, 3.63) is 51.6 Å². The van der Waals surface area contributed by atoms with Crippen molar-refractivity contribution in [1.82, 2.24) is 19.8 Å². The summed E-state index contributed by atoms with van der Waals surface area (Å²) in [7, 11) is 0. The van der Waals surface area contributed by atoms with Gasteiger partial charge < -0.3 is 9.88 Å². The summed E-state index contributed by atoms with van der Waals surface area (Å²) in [6.07, 6.45) is -0.451. The summed E-state index contributed by atoms with van der Waals surface area (Å²) < 4.78 is 53.0. The van der Waals surface area contributed by atoms with E-state index >= 15 is 0 Å². The van der Waals surface area contributed by atoms with Crippen molar-refractivity contribution >= 4 is 22.2 Å². The zero-order valence-electron chi connectivity index (χ0n) is 18.5. The van der Waals surface area contributed by atoms with Crippen molar-refractivity contribution in [2.45, 2.75) is 44.4 Å². The van der Waals surface area contributed by atoms with Crippen molar-refractivity contribution in [2.75, 3.05) is 32.9 Å². The van der Waals surface area contributed by atoms with Crippen LogP contribution in [0.3, 0.4) is 0 Å². The Morgan fingerprint density at radius 3 is 2.76 bits per heavy atom. The Hall–Kier alpha value is -1.97. The highest BCUT2D eigenvalue weighted by Crippen LogP contribution is 2.43. The summed E-state index contributed by atoms with van der Waals surface area (Å²) in [6, 6.07) is 7.11. The Morgan fingerprint density at radius 1 is 1.21 bits per heavy atom. The first-order valence-electron chi connectivity index (χ1n) is 11.5. The highest BCUT2D eigenvalue weighted by Gasteiger charge is 2.43. The van der Waals surface area contributed by atoms with Gasteiger partial charge in [0.15, 0.2) is 0 Å². The summed E-state index contributed by atoms with van der Waals surface area (Å²) in [4.78, 5) is 12.9. The number of para-hydroxylation sites is 1. The number of aromatic nitrogens is 2. The van der Waals surface area contributed by atoms with Crippen molar-refractivity contribution in [2.24, 2.45) is 5.92 Å². The molecule has 0 radical (unpaired) electrons. The van der Waals surface area contributed by atoms with Crippen molar-refractivity contribution < 1.29 is 17.6 Å². The van der Waals surface area contributed by atoms with Gasteiger partial charge in [-0.15, -0.1) is 11.3 Å².